The van der Waals surface area contributed by atoms with Crippen molar-refractivity contribution in [1.82, 2.24) is 4.98 Å². The Hall–Kier alpha value is -2.40. The molecule has 3 aromatic rings. The zero-order chi connectivity index (χ0) is 21.9. The number of aromatic nitrogens is 1. The molecule has 9 heteroatoms. The highest BCUT2D eigenvalue weighted by Crippen LogP contribution is 2.35. The average Bonchev–Trinajstić information content (AvgIpc) is 2.74. The van der Waals surface area contributed by atoms with Gasteiger partial charge in [-0.25, -0.2) is 13.2 Å². The van der Waals surface area contributed by atoms with Crippen molar-refractivity contribution in [2.75, 3.05) is 24.6 Å². The molecule has 7 nitrogen and oxygen atoms in total. The van der Waals surface area contributed by atoms with Crippen LogP contribution in [-0.2, 0) is 14.8 Å². The van der Waals surface area contributed by atoms with Crippen LogP contribution in [0.4, 0.5) is 5.69 Å². The number of rotatable bonds is 7. The van der Waals surface area contributed by atoms with Crippen molar-refractivity contribution in [3.05, 3.63) is 57.8 Å². The van der Waals surface area contributed by atoms with E-state index in [-0.39, 0.29) is 29.3 Å². The van der Waals surface area contributed by atoms with Crippen LogP contribution >= 0.6 is 22.6 Å². The maximum absolute atomic E-state index is 13.5. The summed E-state index contributed by atoms with van der Waals surface area (Å²) < 4.78 is 39.4. The van der Waals surface area contributed by atoms with Crippen molar-refractivity contribution in [1.29, 1.82) is 0 Å². The highest BCUT2D eigenvalue weighted by atomic mass is 127. The molecular weight excluding hydrogens is 519 g/mol. The molecule has 0 saturated carbocycles. The molecule has 0 saturated heterocycles. The molecule has 30 heavy (non-hydrogen) atoms. The molecule has 0 atom stereocenters. The minimum Gasteiger partial charge on any atom is -0.497 e. The van der Waals surface area contributed by atoms with Gasteiger partial charge in [-0.1, -0.05) is 12.1 Å². The molecular formula is C21H21IN2O5S. The molecule has 0 spiro atoms. The first-order valence-electron chi connectivity index (χ1n) is 9.26. The molecule has 0 bridgehead atoms. The maximum Gasteiger partial charge on any atom is 0.341 e. The van der Waals surface area contributed by atoms with Gasteiger partial charge in [-0.15, -0.1) is 0 Å². The third-order valence-corrected chi connectivity index (χ3v) is 7.26. The largest absolute Gasteiger partial charge is 0.497 e. The summed E-state index contributed by atoms with van der Waals surface area (Å²) in [6, 6.07) is 11.6. The lowest BCUT2D eigenvalue weighted by molar-refractivity contribution is 0.0527. The Kier molecular flexibility index (Phi) is 6.81. The van der Waals surface area contributed by atoms with Crippen molar-refractivity contribution in [2.24, 2.45) is 0 Å². The number of nitrogens with zero attached hydrogens (tertiary/aromatic N) is 2. The number of carbonyl (C=O) groups is 1. The van der Waals surface area contributed by atoms with Gasteiger partial charge in [0.25, 0.3) is 10.0 Å². The third kappa shape index (κ3) is 4.08. The van der Waals surface area contributed by atoms with Crippen LogP contribution in [0, 0.1) is 3.57 Å². The summed E-state index contributed by atoms with van der Waals surface area (Å²) in [6.07, 6.45) is 1.38. The molecule has 0 fully saturated rings. The molecule has 0 aliphatic rings. The first-order chi connectivity index (χ1) is 14.3. The Bertz CT molecular complexity index is 1180. The highest BCUT2D eigenvalue weighted by Gasteiger charge is 2.30. The van der Waals surface area contributed by atoms with E-state index in [0.29, 0.717) is 16.7 Å². The fraction of sp³-hybridized carbons (Fsp3) is 0.238. The summed E-state index contributed by atoms with van der Waals surface area (Å²) in [5.74, 6) is -0.0720. The van der Waals surface area contributed by atoms with Crippen LogP contribution in [-0.4, -0.2) is 39.6 Å². The number of esters is 1. The quantitative estimate of drug-likeness (QED) is 0.329. The van der Waals surface area contributed by atoms with E-state index in [2.05, 4.69) is 27.6 Å². The van der Waals surface area contributed by atoms with Crippen molar-refractivity contribution in [3.8, 4) is 5.75 Å². The molecule has 1 aromatic heterocycles. The van der Waals surface area contributed by atoms with Crippen molar-refractivity contribution in [2.45, 2.75) is 18.7 Å². The van der Waals surface area contributed by atoms with Gasteiger partial charge in [0, 0.05) is 21.7 Å². The first-order valence-corrected chi connectivity index (χ1v) is 11.8. The number of anilines is 1. The van der Waals surface area contributed by atoms with E-state index in [9.17, 15) is 13.2 Å². The van der Waals surface area contributed by atoms with Crippen molar-refractivity contribution >= 4 is 55.2 Å². The fourth-order valence-corrected chi connectivity index (χ4v) is 5.27. The second-order valence-corrected chi connectivity index (χ2v) is 9.25. The van der Waals surface area contributed by atoms with E-state index in [1.807, 2.05) is 6.07 Å². The number of benzene rings is 2. The number of hydrogen-bond acceptors (Lipinski definition) is 6. The van der Waals surface area contributed by atoms with Gasteiger partial charge in [0.15, 0.2) is 0 Å². The molecule has 0 aliphatic carbocycles. The first kappa shape index (κ1) is 22.3. The summed E-state index contributed by atoms with van der Waals surface area (Å²) in [5.41, 5.74) is 0.977. The van der Waals surface area contributed by atoms with Gasteiger partial charge < -0.3 is 9.47 Å². The molecule has 0 radical (unpaired) electrons. The second-order valence-electron chi connectivity index (χ2n) is 6.22. The molecule has 0 N–H and O–H groups in total. The summed E-state index contributed by atoms with van der Waals surface area (Å²) >= 11 is 2.14. The Balaban J connectivity index is 2.28. The van der Waals surface area contributed by atoms with Gasteiger partial charge >= 0.3 is 5.97 Å². The van der Waals surface area contributed by atoms with Gasteiger partial charge in [0.05, 0.1) is 29.8 Å². The number of ether oxygens (including phenoxy) is 2. The lowest BCUT2D eigenvalue weighted by Crippen LogP contribution is -2.32. The lowest BCUT2D eigenvalue weighted by Gasteiger charge is -2.26. The number of methoxy groups -OCH3 is 1. The number of carbonyl (C=O) groups excluding carboxylic acids is 1. The minimum absolute atomic E-state index is 0.0931. The summed E-state index contributed by atoms with van der Waals surface area (Å²) in [5, 5.41) is 0.561. The van der Waals surface area contributed by atoms with Crippen LogP contribution in [0.15, 0.2) is 53.6 Å². The van der Waals surface area contributed by atoms with E-state index in [1.54, 1.807) is 38.1 Å². The third-order valence-electron chi connectivity index (χ3n) is 4.50. The number of halogens is 1. The van der Waals surface area contributed by atoms with E-state index in [1.165, 1.54) is 29.7 Å². The van der Waals surface area contributed by atoms with E-state index in [0.717, 1.165) is 3.57 Å². The molecule has 3 rings (SSSR count). The standard InChI is InChI=1S/C21H21IN2O5S/c1-4-24(30(26,27)15-11-9-14(28-3)10-12-15)20-16-7-6-8-18(22)19(16)23-13-17(20)21(25)29-5-2/h6-13H,4-5H2,1-3H3. The van der Waals surface area contributed by atoms with Crippen molar-refractivity contribution in [3.63, 3.8) is 0 Å². The van der Waals surface area contributed by atoms with Crippen LogP contribution in [0.3, 0.4) is 0 Å². The van der Waals surface area contributed by atoms with Crippen LogP contribution in [0.1, 0.15) is 24.2 Å². The normalized spacial score (nSPS) is 11.3. The summed E-state index contributed by atoms with van der Waals surface area (Å²) in [4.78, 5) is 17.1. The predicted molar refractivity (Wildman–Crippen MR) is 124 cm³/mol. The Labute approximate surface area is 189 Å². The van der Waals surface area contributed by atoms with Crippen LogP contribution < -0.4 is 9.04 Å². The molecule has 2 aromatic carbocycles. The highest BCUT2D eigenvalue weighted by molar-refractivity contribution is 14.1. The van der Waals surface area contributed by atoms with E-state index in [4.69, 9.17) is 9.47 Å². The smallest absolute Gasteiger partial charge is 0.341 e. The van der Waals surface area contributed by atoms with Gasteiger partial charge in [0.1, 0.15) is 11.3 Å². The maximum atomic E-state index is 13.5. The van der Waals surface area contributed by atoms with Crippen LogP contribution in [0.25, 0.3) is 10.9 Å². The van der Waals surface area contributed by atoms with Gasteiger partial charge in [-0.05, 0) is 66.8 Å². The molecule has 0 amide bonds. The number of hydrogen-bond donors (Lipinski definition) is 0. The van der Waals surface area contributed by atoms with Crippen LogP contribution in [0.5, 0.6) is 5.75 Å². The molecule has 0 aliphatic heterocycles. The summed E-state index contributed by atoms with van der Waals surface area (Å²) in [6.45, 7) is 3.70. The van der Waals surface area contributed by atoms with E-state index >= 15 is 0 Å². The molecule has 1 heterocycles. The molecule has 0 unspecified atom stereocenters. The number of sulfonamides is 1. The van der Waals surface area contributed by atoms with Crippen molar-refractivity contribution < 1.29 is 22.7 Å². The summed E-state index contributed by atoms with van der Waals surface area (Å²) in [7, 11) is -2.45. The predicted octanol–water partition coefficient (Wildman–Crippen LogP) is 4.24. The Morgan fingerprint density at radius 1 is 1.13 bits per heavy atom. The topological polar surface area (TPSA) is 85.8 Å². The molecule has 158 valence electrons. The number of para-hydroxylation sites is 1. The lowest BCUT2D eigenvalue weighted by atomic mass is 10.1. The van der Waals surface area contributed by atoms with Gasteiger partial charge in [-0.2, -0.15) is 0 Å². The fourth-order valence-electron chi connectivity index (χ4n) is 3.12. The van der Waals surface area contributed by atoms with E-state index < -0.39 is 16.0 Å². The monoisotopic (exact) mass is 540 g/mol. The average molecular weight is 540 g/mol. The second kappa shape index (κ2) is 9.17. The minimum atomic E-state index is -3.96. The number of pyridine rings is 1. The number of fused-ring (bicyclic) bond motifs is 1. The Morgan fingerprint density at radius 2 is 1.83 bits per heavy atom. The Morgan fingerprint density at radius 3 is 2.43 bits per heavy atom. The zero-order valence-electron chi connectivity index (χ0n) is 16.8. The van der Waals surface area contributed by atoms with Gasteiger partial charge in [0.2, 0.25) is 0 Å². The van der Waals surface area contributed by atoms with Crippen LogP contribution in [0.2, 0.25) is 0 Å². The van der Waals surface area contributed by atoms with Gasteiger partial charge in [-0.3, -0.25) is 9.29 Å². The zero-order valence-corrected chi connectivity index (χ0v) is 19.7. The SMILES string of the molecule is CCOC(=O)c1cnc2c(I)cccc2c1N(CC)S(=O)(=O)c1ccc(OC)cc1.